The third kappa shape index (κ3) is 3.24. The van der Waals surface area contributed by atoms with Crippen LogP contribution < -0.4 is 11.1 Å². The van der Waals surface area contributed by atoms with Gasteiger partial charge in [-0.3, -0.25) is 0 Å². The maximum absolute atomic E-state index is 12.9. The zero-order valence-corrected chi connectivity index (χ0v) is 10.0. The number of hydrogen-bond donors (Lipinski definition) is 2. The molecule has 1 unspecified atom stereocenters. The van der Waals surface area contributed by atoms with Crippen LogP contribution in [0.25, 0.3) is 0 Å². The average Bonchev–Trinajstić information content (AvgIpc) is 2.46. The van der Waals surface area contributed by atoms with Crippen LogP contribution in [-0.4, -0.2) is 16.5 Å². The second kappa shape index (κ2) is 5.89. The van der Waals surface area contributed by atoms with Crippen molar-refractivity contribution < 1.29 is 4.39 Å². The highest BCUT2D eigenvalue weighted by atomic mass is 19.1. The molecular weight excluding hydrogens is 245 g/mol. The summed E-state index contributed by atoms with van der Waals surface area (Å²) in [5.74, 6) is 0.0768. The average molecular weight is 257 g/mol. The van der Waals surface area contributed by atoms with Crippen LogP contribution in [0.4, 0.5) is 10.3 Å². The molecule has 1 heterocycles. The van der Waals surface area contributed by atoms with Gasteiger partial charge in [0.05, 0.1) is 24.0 Å². The molecule has 2 rings (SSSR count). The summed E-state index contributed by atoms with van der Waals surface area (Å²) in [4.78, 5) is 8.01. The van der Waals surface area contributed by atoms with Crippen molar-refractivity contribution in [2.45, 2.75) is 6.04 Å². The second-order valence-electron chi connectivity index (χ2n) is 3.89. The van der Waals surface area contributed by atoms with E-state index in [1.807, 2.05) is 6.07 Å². The van der Waals surface area contributed by atoms with Crippen LogP contribution in [0.3, 0.4) is 0 Å². The Morgan fingerprint density at radius 2 is 1.89 bits per heavy atom. The normalized spacial score (nSPS) is 11.6. The first-order chi connectivity index (χ1) is 9.22. The monoisotopic (exact) mass is 257 g/mol. The fourth-order valence-electron chi connectivity index (χ4n) is 1.59. The number of rotatable bonds is 4. The molecule has 0 bridgehead atoms. The van der Waals surface area contributed by atoms with Gasteiger partial charge in [0, 0.05) is 6.54 Å². The molecule has 1 aromatic heterocycles. The standard InChI is InChI=1S/C13H12FN5/c14-11-3-1-10(2-4-11)12(6-16)19-13-17-7-9(5-15)8-18-13/h1-4,7-8,12H,6,16H2,(H,17,18,19). The van der Waals surface area contributed by atoms with Gasteiger partial charge in [0.25, 0.3) is 0 Å². The number of benzene rings is 1. The molecule has 1 atom stereocenters. The molecule has 0 fully saturated rings. The lowest BCUT2D eigenvalue weighted by atomic mass is 10.1. The highest BCUT2D eigenvalue weighted by molar-refractivity contribution is 5.34. The molecule has 0 aliphatic rings. The fraction of sp³-hybridized carbons (Fsp3) is 0.154. The largest absolute Gasteiger partial charge is 0.346 e. The first-order valence-electron chi connectivity index (χ1n) is 5.67. The van der Waals surface area contributed by atoms with Crippen LogP contribution in [0.15, 0.2) is 36.7 Å². The number of halogens is 1. The van der Waals surface area contributed by atoms with Gasteiger partial charge >= 0.3 is 0 Å². The molecule has 0 amide bonds. The Bertz CT molecular complexity index is 573. The summed E-state index contributed by atoms with van der Waals surface area (Å²) in [5, 5.41) is 11.7. The summed E-state index contributed by atoms with van der Waals surface area (Å²) in [6, 6.07) is 7.79. The minimum absolute atomic E-state index is 0.214. The number of nitrogens with zero attached hydrogens (tertiary/aromatic N) is 3. The second-order valence-corrected chi connectivity index (χ2v) is 3.89. The molecule has 19 heavy (non-hydrogen) atoms. The van der Waals surface area contributed by atoms with E-state index in [9.17, 15) is 4.39 Å². The maximum Gasteiger partial charge on any atom is 0.223 e. The van der Waals surface area contributed by atoms with Gasteiger partial charge in [-0.1, -0.05) is 12.1 Å². The van der Waals surface area contributed by atoms with Gasteiger partial charge in [0.15, 0.2) is 0 Å². The van der Waals surface area contributed by atoms with E-state index in [0.717, 1.165) is 5.56 Å². The van der Waals surface area contributed by atoms with Gasteiger partial charge in [-0.2, -0.15) is 5.26 Å². The lowest BCUT2D eigenvalue weighted by molar-refractivity contribution is 0.625. The van der Waals surface area contributed by atoms with Crippen molar-refractivity contribution in [2.75, 3.05) is 11.9 Å². The molecule has 0 radical (unpaired) electrons. The van der Waals surface area contributed by atoms with E-state index in [0.29, 0.717) is 18.1 Å². The third-order valence-electron chi connectivity index (χ3n) is 2.59. The number of nitrogens with two attached hydrogens (primary N) is 1. The van der Waals surface area contributed by atoms with E-state index >= 15 is 0 Å². The SMILES string of the molecule is N#Cc1cnc(NC(CN)c2ccc(F)cc2)nc1. The first kappa shape index (κ1) is 12.9. The number of nitrogens with one attached hydrogen (secondary N) is 1. The summed E-state index contributed by atoms with van der Waals surface area (Å²) in [6.45, 7) is 0.314. The minimum Gasteiger partial charge on any atom is -0.346 e. The van der Waals surface area contributed by atoms with Crippen molar-refractivity contribution >= 4 is 5.95 Å². The Morgan fingerprint density at radius 3 is 2.42 bits per heavy atom. The highest BCUT2D eigenvalue weighted by Crippen LogP contribution is 2.16. The van der Waals surface area contributed by atoms with Gasteiger partial charge in [-0.05, 0) is 17.7 Å². The van der Waals surface area contributed by atoms with Crippen LogP contribution in [0.2, 0.25) is 0 Å². The Labute approximate surface area is 109 Å². The summed E-state index contributed by atoms with van der Waals surface area (Å²) >= 11 is 0. The summed E-state index contributed by atoms with van der Waals surface area (Å²) in [5.41, 5.74) is 6.91. The Morgan fingerprint density at radius 1 is 1.26 bits per heavy atom. The minimum atomic E-state index is -0.297. The van der Waals surface area contributed by atoms with Crippen LogP contribution in [0.5, 0.6) is 0 Å². The predicted molar refractivity (Wildman–Crippen MR) is 68.6 cm³/mol. The Kier molecular flexibility index (Phi) is 4.00. The van der Waals surface area contributed by atoms with Crippen molar-refractivity contribution in [3.63, 3.8) is 0 Å². The molecule has 5 nitrogen and oxygen atoms in total. The van der Waals surface area contributed by atoms with Crippen molar-refractivity contribution in [2.24, 2.45) is 5.73 Å². The number of anilines is 1. The zero-order chi connectivity index (χ0) is 13.7. The van der Waals surface area contributed by atoms with E-state index < -0.39 is 0 Å². The molecule has 96 valence electrons. The molecule has 0 saturated heterocycles. The van der Waals surface area contributed by atoms with Crippen molar-refractivity contribution in [3.05, 3.63) is 53.6 Å². The summed E-state index contributed by atoms with van der Waals surface area (Å²) < 4.78 is 12.9. The van der Waals surface area contributed by atoms with Gasteiger partial charge in [0.1, 0.15) is 11.9 Å². The van der Waals surface area contributed by atoms with Gasteiger partial charge in [0.2, 0.25) is 5.95 Å². The van der Waals surface area contributed by atoms with E-state index in [1.165, 1.54) is 24.5 Å². The summed E-state index contributed by atoms with van der Waals surface area (Å²) in [6.07, 6.45) is 2.85. The lowest BCUT2D eigenvalue weighted by Crippen LogP contribution is -2.21. The molecular formula is C13H12FN5. The number of hydrogen-bond acceptors (Lipinski definition) is 5. The zero-order valence-electron chi connectivity index (χ0n) is 10.0. The Hall–Kier alpha value is -2.52. The number of aromatic nitrogens is 2. The third-order valence-corrected chi connectivity index (χ3v) is 2.59. The van der Waals surface area contributed by atoms with E-state index in [1.54, 1.807) is 12.1 Å². The first-order valence-corrected chi connectivity index (χ1v) is 5.67. The highest BCUT2D eigenvalue weighted by Gasteiger charge is 2.10. The molecule has 0 aliphatic carbocycles. The maximum atomic E-state index is 12.9. The topological polar surface area (TPSA) is 87.6 Å². The van der Waals surface area contributed by atoms with Gasteiger partial charge in [-0.25, -0.2) is 14.4 Å². The molecule has 6 heteroatoms. The van der Waals surface area contributed by atoms with E-state index in [4.69, 9.17) is 11.0 Å². The smallest absolute Gasteiger partial charge is 0.223 e. The molecule has 1 aromatic carbocycles. The van der Waals surface area contributed by atoms with Crippen molar-refractivity contribution in [3.8, 4) is 6.07 Å². The van der Waals surface area contributed by atoms with E-state index in [-0.39, 0.29) is 11.9 Å². The molecule has 2 aromatic rings. The van der Waals surface area contributed by atoms with Crippen LogP contribution in [0, 0.1) is 17.1 Å². The molecule has 0 aliphatic heterocycles. The number of nitriles is 1. The molecule has 0 saturated carbocycles. The van der Waals surface area contributed by atoms with Crippen molar-refractivity contribution in [1.29, 1.82) is 5.26 Å². The fourth-order valence-corrected chi connectivity index (χ4v) is 1.59. The van der Waals surface area contributed by atoms with Crippen LogP contribution in [-0.2, 0) is 0 Å². The predicted octanol–water partition coefficient (Wildman–Crippen LogP) is 1.60. The van der Waals surface area contributed by atoms with Crippen molar-refractivity contribution in [1.82, 2.24) is 9.97 Å². The van der Waals surface area contributed by atoms with Gasteiger partial charge < -0.3 is 11.1 Å². The summed E-state index contributed by atoms with van der Waals surface area (Å²) in [7, 11) is 0. The van der Waals surface area contributed by atoms with E-state index in [2.05, 4.69) is 15.3 Å². The van der Waals surface area contributed by atoms with Crippen LogP contribution in [0.1, 0.15) is 17.2 Å². The molecule has 0 spiro atoms. The lowest BCUT2D eigenvalue weighted by Gasteiger charge is -2.17. The quantitative estimate of drug-likeness (QED) is 0.868. The Balaban J connectivity index is 2.14. The molecule has 3 N–H and O–H groups in total. The van der Waals surface area contributed by atoms with Gasteiger partial charge in [-0.15, -0.1) is 0 Å². The van der Waals surface area contributed by atoms with Crippen LogP contribution >= 0.6 is 0 Å².